The number of para-hydroxylation sites is 1. The molecule has 0 spiro atoms. The summed E-state index contributed by atoms with van der Waals surface area (Å²) < 4.78 is 5.68. The Morgan fingerprint density at radius 3 is 2.58 bits per heavy atom. The first kappa shape index (κ1) is 16.4. The van der Waals surface area contributed by atoms with Gasteiger partial charge >= 0.3 is 0 Å². The van der Waals surface area contributed by atoms with Gasteiger partial charge in [0.2, 0.25) is 5.89 Å². The van der Waals surface area contributed by atoms with Gasteiger partial charge in [0.05, 0.1) is 29.7 Å². The van der Waals surface area contributed by atoms with E-state index in [4.69, 9.17) is 4.42 Å². The minimum Gasteiger partial charge on any atom is -0.444 e. The van der Waals surface area contributed by atoms with Crippen molar-refractivity contribution < 1.29 is 4.42 Å². The van der Waals surface area contributed by atoms with Gasteiger partial charge in [-0.3, -0.25) is 9.69 Å². The monoisotopic (exact) mass is 326 g/mol. The molecule has 0 saturated carbocycles. The van der Waals surface area contributed by atoms with Crippen LogP contribution < -0.4 is 5.56 Å². The van der Waals surface area contributed by atoms with E-state index in [1.54, 1.807) is 6.07 Å². The highest BCUT2D eigenvalue weighted by Crippen LogP contribution is 2.15. The summed E-state index contributed by atoms with van der Waals surface area (Å²) in [6.45, 7) is 9.14. The molecule has 6 nitrogen and oxygen atoms in total. The number of aromatic amines is 1. The predicted molar refractivity (Wildman–Crippen MR) is 92.7 cm³/mol. The molecule has 126 valence electrons. The lowest BCUT2D eigenvalue weighted by molar-refractivity contribution is 0.178. The lowest BCUT2D eigenvalue weighted by Crippen LogP contribution is -2.31. The van der Waals surface area contributed by atoms with Crippen molar-refractivity contribution in [2.24, 2.45) is 0 Å². The number of aryl methyl sites for hydroxylation is 2. The van der Waals surface area contributed by atoms with E-state index in [2.05, 4.69) is 33.7 Å². The van der Waals surface area contributed by atoms with E-state index >= 15 is 0 Å². The molecular formula is C18H22N4O2. The summed E-state index contributed by atoms with van der Waals surface area (Å²) in [6.07, 6.45) is 0. The Bertz CT molecular complexity index is 891. The van der Waals surface area contributed by atoms with E-state index in [1.807, 2.05) is 32.0 Å². The molecule has 6 heteroatoms. The van der Waals surface area contributed by atoms with E-state index in [9.17, 15) is 4.79 Å². The highest BCUT2D eigenvalue weighted by molar-refractivity contribution is 5.77. The number of hydrogen-bond acceptors (Lipinski definition) is 5. The average molecular weight is 326 g/mol. The first-order valence-electron chi connectivity index (χ1n) is 8.09. The molecule has 2 heterocycles. The van der Waals surface area contributed by atoms with Crippen molar-refractivity contribution in [3.63, 3.8) is 0 Å². The van der Waals surface area contributed by atoms with Gasteiger partial charge in [-0.25, -0.2) is 9.97 Å². The maximum Gasteiger partial charge on any atom is 0.258 e. The fourth-order valence-corrected chi connectivity index (χ4v) is 2.60. The van der Waals surface area contributed by atoms with Crippen molar-refractivity contribution in [2.45, 2.75) is 46.8 Å². The van der Waals surface area contributed by atoms with Gasteiger partial charge < -0.3 is 9.40 Å². The number of hydrogen-bond donors (Lipinski definition) is 1. The van der Waals surface area contributed by atoms with Gasteiger partial charge in [-0.15, -0.1) is 0 Å². The third kappa shape index (κ3) is 3.38. The van der Waals surface area contributed by atoms with Crippen LogP contribution in [0.4, 0.5) is 0 Å². The van der Waals surface area contributed by atoms with Crippen LogP contribution in [0, 0.1) is 13.8 Å². The number of oxazole rings is 1. The van der Waals surface area contributed by atoms with Gasteiger partial charge in [0.25, 0.3) is 5.56 Å². The molecule has 0 fully saturated rings. The predicted octanol–water partition coefficient (Wildman–Crippen LogP) is 2.94. The zero-order valence-corrected chi connectivity index (χ0v) is 14.5. The molecule has 0 radical (unpaired) electrons. The summed E-state index contributed by atoms with van der Waals surface area (Å²) in [5, 5.41) is 0.608. The minimum absolute atomic E-state index is 0.109. The number of nitrogens with one attached hydrogen (secondary N) is 1. The Hall–Kier alpha value is -2.47. The van der Waals surface area contributed by atoms with Crippen molar-refractivity contribution in [3.05, 3.63) is 57.8 Å². The van der Waals surface area contributed by atoms with Crippen molar-refractivity contribution in [3.8, 4) is 0 Å². The molecule has 2 aromatic heterocycles. The van der Waals surface area contributed by atoms with Crippen molar-refractivity contribution in [1.29, 1.82) is 0 Å². The maximum atomic E-state index is 12.2. The van der Waals surface area contributed by atoms with Crippen LogP contribution >= 0.6 is 0 Å². The molecule has 0 aliphatic carbocycles. The maximum absolute atomic E-state index is 12.2. The largest absolute Gasteiger partial charge is 0.444 e. The van der Waals surface area contributed by atoms with Crippen LogP contribution in [-0.4, -0.2) is 25.9 Å². The highest BCUT2D eigenvalue weighted by Gasteiger charge is 2.16. The fraction of sp³-hybridized carbons (Fsp3) is 0.389. The molecule has 0 saturated heterocycles. The van der Waals surface area contributed by atoms with Crippen LogP contribution in [0.2, 0.25) is 0 Å². The van der Waals surface area contributed by atoms with Gasteiger partial charge in [0.1, 0.15) is 11.6 Å². The molecule has 0 bridgehead atoms. The zero-order valence-electron chi connectivity index (χ0n) is 14.5. The lowest BCUT2D eigenvalue weighted by atomic mass is 10.2. The van der Waals surface area contributed by atoms with Gasteiger partial charge in [0.15, 0.2) is 0 Å². The molecular weight excluding hydrogens is 304 g/mol. The minimum atomic E-state index is -0.109. The van der Waals surface area contributed by atoms with Gasteiger partial charge in [0, 0.05) is 6.04 Å². The molecule has 1 aromatic carbocycles. The Morgan fingerprint density at radius 1 is 1.17 bits per heavy atom. The van der Waals surface area contributed by atoms with Crippen molar-refractivity contribution in [1.82, 2.24) is 19.9 Å². The molecule has 24 heavy (non-hydrogen) atoms. The summed E-state index contributed by atoms with van der Waals surface area (Å²) in [4.78, 5) is 26.3. The lowest BCUT2D eigenvalue weighted by Gasteiger charge is -2.24. The van der Waals surface area contributed by atoms with Crippen molar-refractivity contribution >= 4 is 10.9 Å². The van der Waals surface area contributed by atoms with E-state index in [-0.39, 0.29) is 11.6 Å². The number of fused-ring (bicyclic) bond motifs is 1. The third-order valence-electron chi connectivity index (χ3n) is 4.16. The SMILES string of the molecule is Cc1nc(CN(Cc2nc3ccccc3c(=O)[nH]2)C(C)C)oc1C. The normalized spacial score (nSPS) is 11.8. The Labute approximate surface area is 140 Å². The van der Waals surface area contributed by atoms with Crippen LogP contribution in [0.3, 0.4) is 0 Å². The number of rotatable bonds is 5. The molecule has 3 aromatic rings. The number of nitrogens with zero attached hydrogens (tertiary/aromatic N) is 3. The van der Waals surface area contributed by atoms with Gasteiger partial charge in [-0.2, -0.15) is 0 Å². The quantitative estimate of drug-likeness (QED) is 0.780. The average Bonchev–Trinajstić information content (AvgIpc) is 2.84. The van der Waals surface area contributed by atoms with Crippen LogP contribution in [-0.2, 0) is 13.1 Å². The molecule has 0 unspecified atom stereocenters. The second-order valence-corrected chi connectivity index (χ2v) is 6.28. The molecule has 0 amide bonds. The summed E-state index contributed by atoms with van der Waals surface area (Å²) in [5.41, 5.74) is 1.51. The van der Waals surface area contributed by atoms with Gasteiger partial charge in [-0.1, -0.05) is 12.1 Å². The second-order valence-electron chi connectivity index (χ2n) is 6.28. The van der Waals surface area contributed by atoms with Crippen molar-refractivity contribution in [2.75, 3.05) is 0 Å². The summed E-state index contributed by atoms with van der Waals surface area (Å²) in [5.74, 6) is 2.17. The topological polar surface area (TPSA) is 75.0 Å². The summed E-state index contributed by atoms with van der Waals surface area (Å²) in [7, 11) is 0. The van der Waals surface area contributed by atoms with Crippen LogP contribution in [0.25, 0.3) is 10.9 Å². The molecule has 1 N–H and O–H groups in total. The first-order valence-corrected chi connectivity index (χ1v) is 8.09. The van der Waals surface area contributed by atoms with Gasteiger partial charge in [-0.05, 0) is 39.8 Å². The molecule has 0 atom stereocenters. The Balaban J connectivity index is 1.87. The molecule has 0 aliphatic heterocycles. The number of aromatic nitrogens is 3. The van der Waals surface area contributed by atoms with Crippen LogP contribution in [0.1, 0.15) is 37.0 Å². The molecule has 3 rings (SSSR count). The zero-order chi connectivity index (χ0) is 17.3. The highest BCUT2D eigenvalue weighted by atomic mass is 16.4. The second kappa shape index (κ2) is 6.57. The third-order valence-corrected chi connectivity index (χ3v) is 4.16. The number of H-pyrrole nitrogens is 1. The van der Waals surface area contributed by atoms with E-state index in [0.29, 0.717) is 35.7 Å². The summed E-state index contributed by atoms with van der Waals surface area (Å²) in [6, 6.07) is 7.62. The number of benzene rings is 1. The van der Waals surface area contributed by atoms with Crippen LogP contribution in [0.15, 0.2) is 33.5 Å². The Kier molecular flexibility index (Phi) is 4.49. The first-order chi connectivity index (χ1) is 11.4. The summed E-state index contributed by atoms with van der Waals surface area (Å²) >= 11 is 0. The molecule has 0 aliphatic rings. The Morgan fingerprint density at radius 2 is 1.92 bits per heavy atom. The van der Waals surface area contributed by atoms with E-state index in [0.717, 1.165) is 11.5 Å². The van der Waals surface area contributed by atoms with Crippen LogP contribution in [0.5, 0.6) is 0 Å². The van der Waals surface area contributed by atoms with E-state index < -0.39 is 0 Å². The standard InChI is InChI=1S/C18H22N4O2/c1-11(2)22(10-17-19-12(3)13(4)24-17)9-16-20-15-8-6-5-7-14(15)18(23)21-16/h5-8,11H,9-10H2,1-4H3,(H,20,21,23). The fourth-order valence-electron chi connectivity index (χ4n) is 2.60. The van der Waals surface area contributed by atoms with E-state index in [1.165, 1.54) is 0 Å². The smallest absolute Gasteiger partial charge is 0.258 e.